The average Bonchev–Trinajstić information content (AvgIpc) is 3.25. The van der Waals surface area contributed by atoms with Crippen LogP contribution in [0, 0.1) is 17.3 Å². The molecule has 0 saturated carbocycles. The van der Waals surface area contributed by atoms with Crippen LogP contribution in [0.25, 0.3) is 0 Å². The van der Waals surface area contributed by atoms with Crippen molar-refractivity contribution in [2.75, 3.05) is 33.3 Å². The minimum absolute atomic E-state index is 0.0332. The first-order chi connectivity index (χ1) is 31.6. The molecule has 0 saturated heterocycles. The molecule has 21 heteroatoms. The number of hydrogen-bond donors (Lipinski definition) is 9. The Hall–Kier alpha value is -6.51. The van der Waals surface area contributed by atoms with Crippen LogP contribution in [-0.2, 0) is 47.8 Å². The van der Waals surface area contributed by atoms with Crippen LogP contribution in [0.1, 0.15) is 93.4 Å². The summed E-state index contributed by atoms with van der Waals surface area (Å²) in [7, 11) is 1.45. The SMILES string of the molecule is CC/C=C1\NC(=O)/C=C/C(C(C)C)OC(=O)C(C)(C)[C@H](C[C@H](/C=C/C=C/C/C=C\CCC(C)C)OC)OC(=O)CNC(=O)[C@H](CNC(N)=O)NC(=O)CNC(=O)C(CCCNC(N)=O)NC1=O. The Bertz CT molecular complexity index is 1840. The van der Waals surface area contributed by atoms with Crippen LogP contribution >= 0.6 is 0 Å². The summed E-state index contributed by atoms with van der Waals surface area (Å²) >= 11 is 0. The number of esters is 2. The van der Waals surface area contributed by atoms with Crippen LogP contribution < -0.4 is 48.7 Å². The summed E-state index contributed by atoms with van der Waals surface area (Å²) in [6, 6.07) is -4.68. The monoisotopic (exact) mass is 944 g/mol. The van der Waals surface area contributed by atoms with E-state index < -0.39 is 109 Å². The molecule has 1 heterocycles. The van der Waals surface area contributed by atoms with Crippen molar-refractivity contribution in [1.29, 1.82) is 0 Å². The lowest BCUT2D eigenvalue weighted by Gasteiger charge is -2.34. The Morgan fingerprint density at radius 1 is 0.896 bits per heavy atom. The normalized spacial score (nSPS) is 22.6. The highest BCUT2D eigenvalue weighted by Gasteiger charge is 2.43. The van der Waals surface area contributed by atoms with Crippen molar-refractivity contribution in [2.24, 2.45) is 28.7 Å². The van der Waals surface area contributed by atoms with Gasteiger partial charge in [0.05, 0.1) is 18.1 Å². The van der Waals surface area contributed by atoms with Crippen molar-refractivity contribution in [2.45, 2.75) is 124 Å². The fourth-order valence-electron chi connectivity index (χ4n) is 6.04. The quantitative estimate of drug-likeness (QED) is 0.0312. The van der Waals surface area contributed by atoms with E-state index in [-0.39, 0.29) is 43.8 Å². The Balaban J connectivity index is 3.66. The molecule has 21 nitrogen and oxygen atoms in total. The number of urea groups is 2. The minimum Gasteiger partial charge on any atom is -0.460 e. The molecule has 374 valence electrons. The first kappa shape index (κ1) is 58.5. The van der Waals surface area contributed by atoms with Gasteiger partial charge in [0, 0.05) is 32.7 Å². The van der Waals surface area contributed by atoms with Gasteiger partial charge in [-0.15, -0.1) is 0 Å². The van der Waals surface area contributed by atoms with Gasteiger partial charge >= 0.3 is 24.0 Å². The summed E-state index contributed by atoms with van der Waals surface area (Å²) in [4.78, 5) is 117. The number of allylic oxidation sites excluding steroid dienone is 6. The van der Waals surface area contributed by atoms with Gasteiger partial charge in [-0.05, 0) is 70.3 Å². The standard InChI is InChI=1S/C46H73N9O12/c1-9-18-32-42(61)55-33(21-17-24-49-44(47)63)40(59)50-27-38(57)54-34(26-52-45(48)64)41(60)51-28-39(58)67-36(25-31(65-8)20-16-14-12-10-11-13-15-19-29(2)3)46(6,7)43(62)66-35(30(4)5)22-23-37(56)53-32/h11-14,16,18,20,22-23,29-31,33-36H,9-10,15,17,19,21,24-28H2,1-8H3,(H,50,59)(H,51,60)(H,53,56)(H,54,57)(H,55,61)(H3,47,49,63)(H3,48,52,64)/b13-11-,14-12+,20-16+,23-22+,32-18-/t31-,33?,34-,35?,36-/m0/s1. The Labute approximate surface area is 393 Å². The number of ether oxygens (including phenoxy) is 3. The highest BCUT2D eigenvalue weighted by molar-refractivity contribution is 6.02. The molecular weight excluding hydrogens is 871 g/mol. The molecule has 0 spiro atoms. The van der Waals surface area contributed by atoms with E-state index in [1.807, 2.05) is 12.2 Å². The maximum Gasteiger partial charge on any atom is 0.325 e. The third-order valence-electron chi connectivity index (χ3n) is 10.1. The van der Waals surface area contributed by atoms with Crippen LogP contribution in [0.4, 0.5) is 9.59 Å². The lowest BCUT2D eigenvalue weighted by molar-refractivity contribution is -0.175. The predicted molar refractivity (Wildman–Crippen MR) is 250 cm³/mol. The lowest BCUT2D eigenvalue weighted by atomic mass is 9.83. The maximum absolute atomic E-state index is 14.1. The summed E-state index contributed by atoms with van der Waals surface area (Å²) in [6.07, 6.45) is 15.6. The van der Waals surface area contributed by atoms with E-state index in [4.69, 9.17) is 25.7 Å². The molecule has 0 fully saturated rings. The first-order valence-electron chi connectivity index (χ1n) is 22.4. The third-order valence-corrected chi connectivity index (χ3v) is 10.1. The third kappa shape index (κ3) is 24.6. The van der Waals surface area contributed by atoms with Crippen molar-refractivity contribution in [3.63, 3.8) is 0 Å². The molecule has 0 aromatic heterocycles. The molecule has 1 aliphatic rings. The number of primary amides is 2. The molecule has 0 aromatic carbocycles. The number of hydrogen-bond acceptors (Lipinski definition) is 12. The van der Waals surface area contributed by atoms with Gasteiger partial charge in [0.2, 0.25) is 23.6 Å². The fourth-order valence-corrected chi connectivity index (χ4v) is 6.04. The van der Waals surface area contributed by atoms with Gasteiger partial charge in [-0.3, -0.25) is 33.6 Å². The van der Waals surface area contributed by atoms with Crippen LogP contribution in [0.2, 0.25) is 0 Å². The van der Waals surface area contributed by atoms with E-state index >= 15 is 0 Å². The van der Waals surface area contributed by atoms with E-state index in [9.17, 15) is 43.2 Å². The number of carbonyl (C=O) groups excluding carboxylic acids is 9. The molecule has 9 amide bonds. The van der Waals surface area contributed by atoms with Crippen LogP contribution in [0.15, 0.2) is 60.4 Å². The number of methoxy groups -OCH3 is 1. The summed E-state index contributed by atoms with van der Waals surface area (Å²) in [5, 5.41) is 16.7. The summed E-state index contributed by atoms with van der Waals surface area (Å²) in [6.45, 7) is 10.6. The molecule has 0 bridgehead atoms. The van der Waals surface area contributed by atoms with Crippen molar-refractivity contribution in [1.82, 2.24) is 37.2 Å². The number of amides is 9. The second-order valence-corrected chi connectivity index (χ2v) is 16.9. The van der Waals surface area contributed by atoms with Crippen molar-refractivity contribution in [3.8, 4) is 0 Å². The van der Waals surface area contributed by atoms with Crippen LogP contribution in [0.3, 0.4) is 0 Å². The molecule has 5 atom stereocenters. The highest BCUT2D eigenvalue weighted by atomic mass is 16.6. The highest BCUT2D eigenvalue weighted by Crippen LogP contribution is 2.31. The summed E-state index contributed by atoms with van der Waals surface area (Å²) in [5.41, 5.74) is 8.57. The number of rotatable bonds is 18. The summed E-state index contributed by atoms with van der Waals surface area (Å²) < 4.78 is 17.5. The second-order valence-electron chi connectivity index (χ2n) is 16.9. The van der Waals surface area contributed by atoms with Gasteiger partial charge in [0.15, 0.2) is 0 Å². The first-order valence-corrected chi connectivity index (χ1v) is 22.4. The van der Waals surface area contributed by atoms with E-state index in [1.54, 1.807) is 32.9 Å². The zero-order valence-corrected chi connectivity index (χ0v) is 40.1. The molecule has 0 aliphatic carbocycles. The molecule has 1 rings (SSSR count). The van der Waals surface area contributed by atoms with Gasteiger partial charge < -0.3 is 62.9 Å². The topological polar surface area (TPSA) is 318 Å². The summed E-state index contributed by atoms with van der Waals surface area (Å²) in [5.74, 6) is -5.90. The van der Waals surface area contributed by atoms with E-state index in [0.717, 1.165) is 18.9 Å². The van der Waals surface area contributed by atoms with Crippen molar-refractivity contribution < 1.29 is 57.4 Å². The van der Waals surface area contributed by atoms with Crippen LogP contribution in [-0.4, -0.2) is 117 Å². The van der Waals surface area contributed by atoms with E-state index in [2.05, 4.69) is 63.2 Å². The smallest absolute Gasteiger partial charge is 0.325 e. The number of nitrogens with two attached hydrogens (primary N) is 2. The van der Waals surface area contributed by atoms with Gasteiger partial charge in [-0.1, -0.05) is 77.2 Å². The molecule has 2 unspecified atom stereocenters. The second kappa shape index (κ2) is 31.4. The van der Waals surface area contributed by atoms with E-state index in [1.165, 1.54) is 33.1 Å². The molecule has 0 radical (unpaired) electrons. The van der Waals surface area contributed by atoms with Gasteiger partial charge in [-0.25, -0.2) is 9.59 Å². The lowest BCUT2D eigenvalue weighted by Crippen LogP contribution is -2.56. The zero-order valence-electron chi connectivity index (χ0n) is 40.1. The molecule has 0 aromatic rings. The molecule has 11 N–H and O–H groups in total. The molecular formula is C46H73N9O12. The fraction of sp³-hybridized carbons (Fsp3) is 0.587. The van der Waals surface area contributed by atoms with E-state index in [0.29, 0.717) is 12.3 Å². The number of nitrogens with one attached hydrogen (secondary N) is 7. The Kier molecular flexibility index (Phi) is 27.4. The van der Waals surface area contributed by atoms with Gasteiger partial charge in [-0.2, -0.15) is 0 Å². The van der Waals surface area contributed by atoms with Gasteiger partial charge in [0.1, 0.15) is 36.5 Å². The predicted octanol–water partition coefficient (Wildman–Crippen LogP) is 1.69. The number of carbonyl (C=O) groups is 9. The Morgan fingerprint density at radius 3 is 2.19 bits per heavy atom. The number of cyclic esters (lactones) is 2. The van der Waals surface area contributed by atoms with Crippen LogP contribution in [0.5, 0.6) is 0 Å². The maximum atomic E-state index is 14.1. The minimum atomic E-state index is -1.56. The van der Waals surface area contributed by atoms with Crippen molar-refractivity contribution >= 4 is 53.5 Å². The Morgan fingerprint density at radius 2 is 1.57 bits per heavy atom. The molecule has 1 aliphatic heterocycles. The largest absolute Gasteiger partial charge is 0.460 e. The molecule has 67 heavy (non-hydrogen) atoms. The average molecular weight is 944 g/mol. The zero-order chi connectivity index (χ0) is 50.5. The van der Waals surface area contributed by atoms with Gasteiger partial charge in [0.25, 0.3) is 5.91 Å². The van der Waals surface area contributed by atoms with Crippen molar-refractivity contribution in [3.05, 3.63) is 60.4 Å².